The van der Waals surface area contributed by atoms with Crippen LogP contribution in [0.15, 0.2) is 36.4 Å². The van der Waals surface area contributed by atoms with Crippen LogP contribution in [0.2, 0.25) is 0 Å². The number of carbonyl (C=O) groups is 1. The molecule has 0 bridgehead atoms. The second-order valence-corrected chi connectivity index (χ2v) is 5.89. The Morgan fingerprint density at radius 1 is 1.19 bits per heavy atom. The van der Waals surface area contributed by atoms with E-state index in [0.29, 0.717) is 5.13 Å². The number of aryl methyl sites for hydroxylation is 2. The molecule has 0 unspecified atom stereocenters. The highest BCUT2D eigenvalue weighted by atomic mass is 32.1. The van der Waals surface area contributed by atoms with Crippen LogP contribution in [-0.2, 0) is 0 Å². The highest BCUT2D eigenvalue weighted by Gasteiger charge is 2.13. The number of hydrogen-bond acceptors (Lipinski definition) is 3. The maximum absolute atomic E-state index is 13.6. The second-order valence-electron chi connectivity index (χ2n) is 4.86. The van der Waals surface area contributed by atoms with Crippen LogP contribution in [-0.4, -0.2) is 10.9 Å². The van der Waals surface area contributed by atoms with Crippen LogP contribution in [0, 0.1) is 19.7 Å². The van der Waals surface area contributed by atoms with E-state index < -0.39 is 11.7 Å². The molecule has 3 aromatic rings. The van der Waals surface area contributed by atoms with Crippen LogP contribution in [0.5, 0.6) is 0 Å². The highest BCUT2D eigenvalue weighted by Crippen LogP contribution is 2.28. The zero-order valence-corrected chi connectivity index (χ0v) is 12.4. The molecule has 0 aliphatic rings. The van der Waals surface area contributed by atoms with Crippen LogP contribution >= 0.6 is 11.3 Å². The number of thiazole rings is 1. The normalized spacial score (nSPS) is 10.8. The van der Waals surface area contributed by atoms with Crippen molar-refractivity contribution in [3.8, 4) is 0 Å². The van der Waals surface area contributed by atoms with Crippen molar-refractivity contribution >= 4 is 32.6 Å². The van der Waals surface area contributed by atoms with E-state index in [9.17, 15) is 9.18 Å². The Morgan fingerprint density at radius 3 is 2.67 bits per heavy atom. The molecule has 0 saturated heterocycles. The minimum Gasteiger partial charge on any atom is -0.298 e. The van der Waals surface area contributed by atoms with E-state index in [0.717, 1.165) is 15.8 Å². The van der Waals surface area contributed by atoms with E-state index in [2.05, 4.69) is 10.3 Å². The second kappa shape index (κ2) is 5.26. The van der Waals surface area contributed by atoms with Gasteiger partial charge in [0, 0.05) is 0 Å². The van der Waals surface area contributed by atoms with Gasteiger partial charge in [0.2, 0.25) is 0 Å². The maximum Gasteiger partial charge on any atom is 0.260 e. The third kappa shape index (κ3) is 2.64. The Kier molecular flexibility index (Phi) is 3.43. The molecule has 1 aromatic heterocycles. The summed E-state index contributed by atoms with van der Waals surface area (Å²) in [5.74, 6) is -1.02. The van der Waals surface area contributed by atoms with Gasteiger partial charge in [0.25, 0.3) is 5.91 Å². The fourth-order valence-corrected chi connectivity index (χ4v) is 2.98. The predicted molar refractivity (Wildman–Crippen MR) is 83.4 cm³/mol. The topological polar surface area (TPSA) is 42.0 Å². The number of nitrogens with one attached hydrogen (secondary N) is 1. The average Bonchev–Trinajstić information content (AvgIpc) is 2.81. The van der Waals surface area contributed by atoms with Crippen molar-refractivity contribution in [2.45, 2.75) is 13.8 Å². The Bertz CT molecular complexity index is 802. The number of carbonyl (C=O) groups excluding carboxylic acids is 1. The van der Waals surface area contributed by atoms with Gasteiger partial charge < -0.3 is 0 Å². The molecule has 106 valence electrons. The molecule has 0 saturated carbocycles. The lowest BCUT2D eigenvalue weighted by Gasteiger charge is -2.02. The number of anilines is 1. The van der Waals surface area contributed by atoms with Crippen molar-refractivity contribution in [3.63, 3.8) is 0 Å². The van der Waals surface area contributed by atoms with Gasteiger partial charge >= 0.3 is 0 Å². The highest BCUT2D eigenvalue weighted by molar-refractivity contribution is 7.22. The number of amides is 1. The molecular weight excluding hydrogens is 287 g/mol. The lowest BCUT2D eigenvalue weighted by atomic mass is 10.1. The molecule has 1 N–H and O–H groups in total. The number of hydrogen-bond donors (Lipinski definition) is 1. The van der Waals surface area contributed by atoms with Crippen LogP contribution < -0.4 is 5.32 Å². The quantitative estimate of drug-likeness (QED) is 0.766. The van der Waals surface area contributed by atoms with Crippen LogP contribution in [0.4, 0.5) is 9.52 Å². The van der Waals surface area contributed by atoms with Crippen molar-refractivity contribution in [3.05, 3.63) is 58.9 Å². The summed E-state index contributed by atoms with van der Waals surface area (Å²) in [6, 6.07) is 9.92. The molecule has 0 aliphatic carbocycles. The Labute approximate surface area is 125 Å². The number of rotatable bonds is 2. The summed E-state index contributed by atoms with van der Waals surface area (Å²) in [5, 5.41) is 3.13. The third-order valence-corrected chi connectivity index (χ3v) is 4.28. The summed E-state index contributed by atoms with van der Waals surface area (Å²) in [5.41, 5.74) is 3.19. The molecule has 0 fully saturated rings. The van der Waals surface area contributed by atoms with Gasteiger partial charge in [0.05, 0.1) is 15.8 Å². The molecular formula is C16H13FN2OS. The summed E-state index contributed by atoms with van der Waals surface area (Å²) in [4.78, 5) is 16.4. The zero-order chi connectivity index (χ0) is 15.0. The molecule has 0 aliphatic heterocycles. The Hall–Kier alpha value is -2.27. The van der Waals surface area contributed by atoms with Crippen molar-refractivity contribution in [1.29, 1.82) is 0 Å². The SMILES string of the molecule is Cc1cc2nc(NC(=O)c3ccccc3F)sc2cc1C. The maximum atomic E-state index is 13.6. The molecule has 5 heteroatoms. The summed E-state index contributed by atoms with van der Waals surface area (Å²) >= 11 is 1.38. The summed E-state index contributed by atoms with van der Waals surface area (Å²) < 4.78 is 14.6. The van der Waals surface area contributed by atoms with Crippen LogP contribution in [0.3, 0.4) is 0 Å². The monoisotopic (exact) mass is 300 g/mol. The predicted octanol–water partition coefficient (Wildman–Crippen LogP) is 4.30. The molecule has 2 aromatic carbocycles. The van der Waals surface area contributed by atoms with Gasteiger partial charge in [0.1, 0.15) is 5.82 Å². The smallest absolute Gasteiger partial charge is 0.260 e. The zero-order valence-electron chi connectivity index (χ0n) is 11.6. The first-order valence-electron chi connectivity index (χ1n) is 6.48. The summed E-state index contributed by atoms with van der Waals surface area (Å²) in [6.07, 6.45) is 0. The van der Waals surface area contributed by atoms with Crippen molar-refractivity contribution < 1.29 is 9.18 Å². The standard InChI is InChI=1S/C16H13FN2OS/c1-9-7-13-14(8-10(9)2)21-16(18-13)19-15(20)11-5-3-4-6-12(11)17/h3-8H,1-2H3,(H,18,19,20). The lowest BCUT2D eigenvalue weighted by molar-refractivity contribution is 0.102. The van der Waals surface area contributed by atoms with Gasteiger partial charge in [0.15, 0.2) is 5.13 Å². The van der Waals surface area contributed by atoms with E-state index in [1.165, 1.54) is 29.0 Å². The van der Waals surface area contributed by atoms with E-state index >= 15 is 0 Å². The lowest BCUT2D eigenvalue weighted by Crippen LogP contribution is -2.13. The largest absolute Gasteiger partial charge is 0.298 e. The van der Waals surface area contributed by atoms with Crippen LogP contribution in [0.1, 0.15) is 21.5 Å². The van der Waals surface area contributed by atoms with Gasteiger partial charge in [-0.05, 0) is 49.2 Å². The molecule has 0 radical (unpaired) electrons. The molecule has 0 atom stereocenters. The number of fused-ring (bicyclic) bond motifs is 1. The summed E-state index contributed by atoms with van der Waals surface area (Å²) in [7, 11) is 0. The minimum absolute atomic E-state index is 0.0177. The van der Waals surface area contributed by atoms with Gasteiger partial charge in [-0.25, -0.2) is 9.37 Å². The fraction of sp³-hybridized carbons (Fsp3) is 0.125. The Balaban J connectivity index is 1.92. The van der Waals surface area contributed by atoms with E-state index in [1.807, 2.05) is 26.0 Å². The molecule has 3 rings (SSSR count). The van der Waals surface area contributed by atoms with Gasteiger partial charge in [-0.15, -0.1) is 0 Å². The number of nitrogens with zero attached hydrogens (tertiary/aromatic N) is 1. The van der Waals surface area contributed by atoms with Gasteiger partial charge in [-0.1, -0.05) is 23.5 Å². The molecule has 1 amide bonds. The first-order chi connectivity index (χ1) is 10.0. The summed E-state index contributed by atoms with van der Waals surface area (Å²) in [6.45, 7) is 4.05. The third-order valence-electron chi connectivity index (χ3n) is 3.34. The van der Waals surface area contributed by atoms with Gasteiger partial charge in [-0.3, -0.25) is 10.1 Å². The first kappa shape index (κ1) is 13.7. The van der Waals surface area contributed by atoms with E-state index in [4.69, 9.17) is 0 Å². The number of halogens is 1. The first-order valence-corrected chi connectivity index (χ1v) is 7.30. The van der Waals surface area contributed by atoms with Crippen molar-refractivity contribution in [2.24, 2.45) is 0 Å². The van der Waals surface area contributed by atoms with Crippen molar-refractivity contribution in [2.75, 3.05) is 5.32 Å². The molecule has 1 heterocycles. The molecule has 0 spiro atoms. The van der Waals surface area contributed by atoms with Crippen LogP contribution in [0.25, 0.3) is 10.2 Å². The van der Waals surface area contributed by atoms with Gasteiger partial charge in [-0.2, -0.15) is 0 Å². The van der Waals surface area contributed by atoms with E-state index in [1.54, 1.807) is 12.1 Å². The Morgan fingerprint density at radius 2 is 1.90 bits per heavy atom. The number of benzene rings is 2. The molecule has 3 nitrogen and oxygen atoms in total. The van der Waals surface area contributed by atoms with Crippen molar-refractivity contribution in [1.82, 2.24) is 4.98 Å². The fourth-order valence-electron chi connectivity index (χ4n) is 2.04. The minimum atomic E-state index is -0.539. The van der Waals surface area contributed by atoms with E-state index in [-0.39, 0.29) is 5.56 Å². The average molecular weight is 300 g/mol. The number of aromatic nitrogens is 1. The molecule has 21 heavy (non-hydrogen) atoms.